The molecular formula is C14H25N3O2. The summed E-state index contributed by atoms with van der Waals surface area (Å²) < 4.78 is 6.84. The van der Waals surface area contributed by atoms with E-state index in [0.29, 0.717) is 13.0 Å². The molecule has 5 heteroatoms. The topological polar surface area (TPSA) is 56.2 Å². The van der Waals surface area contributed by atoms with Crippen LogP contribution in [-0.4, -0.2) is 34.4 Å². The van der Waals surface area contributed by atoms with Crippen molar-refractivity contribution in [1.82, 2.24) is 15.1 Å². The van der Waals surface area contributed by atoms with Crippen molar-refractivity contribution < 1.29 is 9.53 Å². The highest BCUT2D eigenvalue weighted by atomic mass is 16.5. The van der Waals surface area contributed by atoms with Gasteiger partial charge in [0.25, 0.3) is 0 Å². The van der Waals surface area contributed by atoms with Crippen molar-refractivity contribution >= 4 is 5.97 Å². The monoisotopic (exact) mass is 267 g/mol. The number of hydrogen-bond acceptors (Lipinski definition) is 4. The average Bonchev–Trinajstić information content (AvgIpc) is 2.63. The summed E-state index contributed by atoms with van der Waals surface area (Å²) in [5.74, 6) is -0.234. The molecule has 1 aromatic rings. The van der Waals surface area contributed by atoms with Crippen LogP contribution >= 0.6 is 0 Å². The van der Waals surface area contributed by atoms with Gasteiger partial charge in [0.15, 0.2) is 0 Å². The highest BCUT2D eigenvalue weighted by molar-refractivity contribution is 5.80. The molecule has 0 spiro atoms. The molecule has 1 atom stereocenters. The van der Waals surface area contributed by atoms with Crippen LogP contribution in [0.3, 0.4) is 0 Å². The van der Waals surface area contributed by atoms with Crippen molar-refractivity contribution in [2.24, 2.45) is 0 Å². The molecule has 0 amide bonds. The zero-order valence-corrected chi connectivity index (χ0v) is 12.8. The van der Waals surface area contributed by atoms with Crippen molar-refractivity contribution in [3.05, 3.63) is 17.5 Å². The molecule has 1 rings (SSSR count). The SMILES string of the molecule is COC(=O)C(C)(CCn1nc(C)cc1C)NC(C)C. The maximum Gasteiger partial charge on any atom is 0.325 e. The van der Waals surface area contributed by atoms with Gasteiger partial charge in [-0.25, -0.2) is 0 Å². The fourth-order valence-corrected chi connectivity index (χ4v) is 2.33. The Balaban J connectivity index is 2.78. The van der Waals surface area contributed by atoms with Gasteiger partial charge in [-0.15, -0.1) is 0 Å². The number of methoxy groups -OCH3 is 1. The Labute approximate surface area is 115 Å². The molecule has 1 N–H and O–H groups in total. The highest BCUT2D eigenvalue weighted by Crippen LogP contribution is 2.15. The summed E-state index contributed by atoms with van der Waals surface area (Å²) in [5.41, 5.74) is 1.42. The second kappa shape index (κ2) is 6.19. The molecule has 0 fully saturated rings. The van der Waals surface area contributed by atoms with Crippen LogP contribution < -0.4 is 5.32 Å². The Morgan fingerprint density at radius 2 is 2.16 bits per heavy atom. The van der Waals surface area contributed by atoms with Crippen LogP contribution in [0.15, 0.2) is 6.07 Å². The molecular weight excluding hydrogens is 242 g/mol. The maximum atomic E-state index is 12.0. The van der Waals surface area contributed by atoms with Gasteiger partial charge in [-0.3, -0.25) is 14.8 Å². The first kappa shape index (κ1) is 15.7. The van der Waals surface area contributed by atoms with Crippen molar-refractivity contribution in [1.29, 1.82) is 0 Å². The average molecular weight is 267 g/mol. The molecule has 0 aliphatic carbocycles. The van der Waals surface area contributed by atoms with Gasteiger partial charge in [-0.05, 0) is 47.1 Å². The molecule has 5 nitrogen and oxygen atoms in total. The Hall–Kier alpha value is -1.36. The van der Waals surface area contributed by atoms with Crippen LogP contribution in [0.1, 0.15) is 38.6 Å². The number of nitrogens with one attached hydrogen (secondary N) is 1. The van der Waals surface area contributed by atoms with Gasteiger partial charge in [-0.1, -0.05) is 0 Å². The third-order valence-electron chi connectivity index (χ3n) is 3.17. The Bertz CT molecular complexity index is 440. The summed E-state index contributed by atoms with van der Waals surface area (Å²) in [4.78, 5) is 12.0. The molecule has 0 aromatic carbocycles. The lowest BCUT2D eigenvalue weighted by atomic mass is 9.96. The normalized spacial score (nSPS) is 14.5. The van der Waals surface area contributed by atoms with Crippen LogP contribution in [0, 0.1) is 13.8 Å². The van der Waals surface area contributed by atoms with Crippen molar-refractivity contribution in [2.75, 3.05) is 7.11 Å². The molecule has 19 heavy (non-hydrogen) atoms. The van der Waals surface area contributed by atoms with Crippen LogP contribution in [0.5, 0.6) is 0 Å². The molecule has 108 valence electrons. The number of carbonyl (C=O) groups is 1. The third kappa shape index (κ3) is 4.06. The van der Waals surface area contributed by atoms with Gasteiger partial charge in [0.1, 0.15) is 5.54 Å². The molecule has 0 bridgehead atoms. The van der Waals surface area contributed by atoms with Crippen molar-refractivity contribution in [2.45, 2.75) is 59.2 Å². The van der Waals surface area contributed by atoms with E-state index in [1.165, 1.54) is 7.11 Å². The quantitative estimate of drug-likeness (QED) is 0.799. The second-order valence-corrected chi connectivity index (χ2v) is 5.52. The zero-order chi connectivity index (χ0) is 14.6. The molecule has 0 saturated heterocycles. The number of carbonyl (C=O) groups excluding carboxylic acids is 1. The van der Waals surface area contributed by atoms with E-state index in [-0.39, 0.29) is 12.0 Å². The first-order chi connectivity index (χ1) is 8.78. The van der Waals surface area contributed by atoms with Crippen LogP contribution in [-0.2, 0) is 16.1 Å². The van der Waals surface area contributed by atoms with Gasteiger partial charge in [-0.2, -0.15) is 5.10 Å². The lowest BCUT2D eigenvalue weighted by Crippen LogP contribution is -2.53. The van der Waals surface area contributed by atoms with E-state index in [0.717, 1.165) is 11.4 Å². The first-order valence-electron chi connectivity index (χ1n) is 6.65. The van der Waals surface area contributed by atoms with Gasteiger partial charge >= 0.3 is 5.97 Å². The number of aromatic nitrogens is 2. The third-order valence-corrected chi connectivity index (χ3v) is 3.17. The summed E-state index contributed by atoms with van der Waals surface area (Å²) in [6.07, 6.45) is 0.639. The number of ether oxygens (including phenoxy) is 1. The smallest absolute Gasteiger partial charge is 0.325 e. The minimum Gasteiger partial charge on any atom is -0.468 e. The molecule has 1 heterocycles. The van der Waals surface area contributed by atoms with E-state index in [9.17, 15) is 4.79 Å². The highest BCUT2D eigenvalue weighted by Gasteiger charge is 2.34. The summed E-state index contributed by atoms with van der Waals surface area (Å²) in [6, 6.07) is 2.25. The van der Waals surface area contributed by atoms with Crippen LogP contribution in [0.2, 0.25) is 0 Å². The molecule has 1 unspecified atom stereocenters. The van der Waals surface area contributed by atoms with Crippen molar-refractivity contribution in [3.63, 3.8) is 0 Å². The zero-order valence-electron chi connectivity index (χ0n) is 12.8. The summed E-state index contributed by atoms with van der Waals surface area (Å²) in [6.45, 7) is 10.6. The number of nitrogens with zero attached hydrogens (tertiary/aromatic N) is 2. The number of rotatable bonds is 6. The first-order valence-corrected chi connectivity index (χ1v) is 6.65. The maximum absolute atomic E-state index is 12.0. The fourth-order valence-electron chi connectivity index (χ4n) is 2.33. The molecule has 0 saturated carbocycles. The number of esters is 1. The van der Waals surface area contributed by atoms with E-state index < -0.39 is 5.54 Å². The van der Waals surface area contributed by atoms with Crippen molar-refractivity contribution in [3.8, 4) is 0 Å². The second-order valence-electron chi connectivity index (χ2n) is 5.52. The van der Waals surface area contributed by atoms with Gasteiger partial charge in [0.05, 0.1) is 12.8 Å². The predicted octanol–water partition coefficient (Wildman–Crippen LogP) is 1.82. The van der Waals surface area contributed by atoms with Gasteiger partial charge in [0, 0.05) is 18.3 Å². The minimum atomic E-state index is -0.685. The van der Waals surface area contributed by atoms with Crippen LogP contribution in [0.4, 0.5) is 0 Å². The van der Waals surface area contributed by atoms with E-state index in [1.807, 2.05) is 45.4 Å². The van der Waals surface area contributed by atoms with Gasteiger partial charge < -0.3 is 4.74 Å². The number of hydrogen-bond donors (Lipinski definition) is 1. The van der Waals surface area contributed by atoms with E-state index in [4.69, 9.17) is 4.74 Å². The molecule has 1 aromatic heterocycles. The largest absolute Gasteiger partial charge is 0.468 e. The standard InChI is InChI=1S/C14H25N3O2/c1-10(2)15-14(5,13(18)19-6)7-8-17-12(4)9-11(3)16-17/h9-10,15H,7-8H2,1-6H3. The number of aryl methyl sites for hydroxylation is 3. The summed E-state index contributed by atoms with van der Waals surface area (Å²) in [7, 11) is 1.42. The Morgan fingerprint density at radius 3 is 2.58 bits per heavy atom. The van der Waals surface area contributed by atoms with E-state index in [1.54, 1.807) is 0 Å². The summed E-state index contributed by atoms with van der Waals surface area (Å²) >= 11 is 0. The summed E-state index contributed by atoms with van der Waals surface area (Å²) in [5, 5.41) is 7.70. The molecule has 0 radical (unpaired) electrons. The lowest BCUT2D eigenvalue weighted by molar-refractivity contribution is -0.148. The molecule has 0 aliphatic rings. The Morgan fingerprint density at radius 1 is 1.53 bits per heavy atom. The van der Waals surface area contributed by atoms with Crippen LogP contribution in [0.25, 0.3) is 0 Å². The predicted molar refractivity (Wildman–Crippen MR) is 75.0 cm³/mol. The minimum absolute atomic E-state index is 0.213. The fraction of sp³-hybridized carbons (Fsp3) is 0.714. The Kier molecular flexibility index (Phi) is 5.11. The van der Waals surface area contributed by atoms with E-state index in [2.05, 4.69) is 10.4 Å². The van der Waals surface area contributed by atoms with E-state index >= 15 is 0 Å². The molecule has 0 aliphatic heterocycles. The lowest BCUT2D eigenvalue weighted by Gasteiger charge is -2.30. The van der Waals surface area contributed by atoms with Gasteiger partial charge in [0.2, 0.25) is 0 Å².